The summed E-state index contributed by atoms with van der Waals surface area (Å²) < 4.78 is 51.5. The monoisotopic (exact) mass is 434 g/mol. The van der Waals surface area contributed by atoms with Gasteiger partial charge in [0.25, 0.3) is 0 Å². The van der Waals surface area contributed by atoms with Crippen molar-refractivity contribution in [2.24, 2.45) is 0 Å². The van der Waals surface area contributed by atoms with Crippen molar-refractivity contribution < 1.29 is 17.6 Å². The Morgan fingerprint density at radius 2 is 1.73 bits per heavy atom. The fraction of sp³-hybridized carbons (Fsp3) is 0.158. The van der Waals surface area contributed by atoms with Crippen LogP contribution in [0.2, 0.25) is 0 Å². The normalized spacial score (nSPS) is 11.6. The third kappa shape index (κ3) is 4.79. The molecule has 2 N–H and O–H groups in total. The van der Waals surface area contributed by atoms with Crippen LogP contribution in [0.4, 0.5) is 29.3 Å². The first-order valence-corrected chi connectivity index (χ1v) is 9.62. The van der Waals surface area contributed by atoms with Crippen molar-refractivity contribution in [3.05, 3.63) is 58.8 Å². The number of anilines is 2. The van der Waals surface area contributed by atoms with Gasteiger partial charge in [0.1, 0.15) is 17.9 Å². The first-order valence-electron chi connectivity index (χ1n) is 8.74. The quantitative estimate of drug-likeness (QED) is 0.422. The van der Waals surface area contributed by atoms with Gasteiger partial charge in [0.2, 0.25) is 5.95 Å². The molecule has 11 heteroatoms. The Kier molecular flexibility index (Phi) is 5.44. The molecule has 0 spiro atoms. The van der Waals surface area contributed by atoms with Crippen molar-refractivity contribution in [1.82, 2.24) is 19.9 Å². The number of hydrogen-bond acceptors (Lipinski definition) is 7. The first-order chi connectivity index (χ1) is 14.4. The Bertz CT molecular complexity index is 1150. The average Bonchev–Trinajstić information content (AvgIpc) is 3.24. The topological polar surface area (TPSA) is 75.6 Å². The zero-order chi connectivity index (χ0) is 21.1. The lowest BCUT2D eigenvalue weighted by Gasteiger charge is -2.13. The molecular formula is C19H14F4N6S. The van der Waals surface area contributed by atoms with Gasteiger partial charge in [0.15, 0.2) is 5.82 Å². The van der Waals surface area contributed by atoms with Gasteiger partial charge in [-0.15, -0.1) is 11.3 Å². The summed E-state index contributed by atoms with van der Waals surface area (Å²) in [5.41, 5.74) is 3.31. The maximum atomic E-state index is 13.2. The fourth-order valence-corrected chi connectivity index (χ4v) is 3.21. The molecule has 0 unspecified atom stereocenters. The van der Waals surface area contributed by atoms with E-state index in [-0.39, 0.29) is 17.3 Å². The van der Waals surface area contributed by atoms with Crippen LogP contribution in [0.25, 0.3) is 22.3 Å². The zero-order valence-corrected chi connectivity index (χ0v) is 16.1. The molecule has 0 radical (unpaired) electrons. The van der Waals surface area contributed by atoms with Crippen LogP contribution in [0.15, 0.2) is 48.1 Å². The number of aromatic nitrogens is 4. The van der Waals surface area contributed by atoms with E-state index >= 15 is 0 Å². The molecule has 0 fully saturated rings. The molecule has 4 aromatic rings. The number of alkyl halides is 3. The molecule has 0 saturated carbocycles. The van der Waals surface area contributed by atoms with Gasteiger partial charge in [-0.05, 0) is 36.4 Å². The molecule has 6 nitrogen and oxygen atoms in total. The number of fused-ring (bicyclic) bond motifs is 1. The van der Waals surface area contributed by atoms with Crippen LogP contribution >= 0.6 is 11.3 Å². The highest BCUT2D eigenvalue weighted by molar-refractivity contribution is 7.09. The summed E-state index contributed by atoms with van der Waals surface area (Å²) in [7, 11) is 0. The van der Waals surface area contributed by atoms with Crippen LogP contribution in [0.1, 0.15) is 4.88 Å². The number of nitrogens with zero attached hydrogens (tertiary/aromatic N) is 4. The van der Waals surface area contributed by atoms with E-state index in [1.807, 2.05) is 0 Å². The Balaban J connectivity index is 1.71. The third-order valence-electron chi connectivity index (χ3n) is 4.04. The van der Waals surface area contributed by atoms with E-state index in [1.54, 1.807) is 23.8 Å². The number of benzene rings is 1. The van der Waals surface area contributed by atoms with Gasteiger partial charge in [-0.2, -0.15) is 18.2 Å². The summed E-state index contributed by atoms with van der Waals surface area (Å²) in [5, 5.41) is 5.29. The van der Waals surface area contributed by atoms with E-state index in [2.05, 4.69) is 30.6 Å². The zero-order valence-electron chi connectivity index (χ0n) is 15.2. The minimum atomic E-state index is -4.43. The Hall–Kier alpha value is -3.34. The lowest BCUT2D eigenvalue weighted by atomic mass is 10.1. The van der Waals surface area contributed by atoms with E-state index in [0.29, 0.717) is 23.3 Å². The predicted octanol–water partition coefficient (Wildman–Crippen LogP) is 4.87. The highest BCUT2D eigenvalue weighted by Crippen LogP contribution is 2.26. The van der Waals surface area contributed by atoms with E-state index in [9.17, 15) is 17.6 Å². The molecule has 3 heterocycles. The third-order valence-corrected chi connectivity index (χ3v) is 4.82. The van der Waals surface area contributed by atoms with Crippen LogP contribution in [-0.2, 0) is 6.54 Å². The highest BCUT2D eigenvalue weighted by atomic mass is 32.1. The molecule has 154 valence electrons. The first kappa shape index (κ1) is 20.0. The van der Waals surface area contributed by atoms with Crippen LogP contribution in [-0.4, -0.2) is 32.7 Å². The molecule has 0 aliphatic heterocycles. The Morgan fingerprint density at radius 1 is 0.933 bits per heavy atom. The Labute approximate surface area is 172 Å². The SMILES string of the molecule is Fc1ccc(-c2ccc3nc(NCc4cncs4)nc(NCC(F)(F)F)c3n2)cc1. The minimum Gasteiger partial charge on any atom is -0.359 e. The number of halogens is 4. The summed E-state index contributed by atoms with van der Waals surface area (Å²) in [6.07, 6.45) is -2.75. The fourth-order valence-electron chi connectivity index (χ4n) is 2.68. The molecule has 0 aliphatic carbocycles. The molecule has 1 aromatic carbocycles. The van der Waals surface area contributed by atoms with Gasteiger partial charge in [-0.1, -0.05) is 0 Å². The van der Waals surface area contributed by atoms with Crippen LogP contribution in [0.3, 0.4) is 0 Å². The van der Waals surface area contributed by atoms with E-state index in [1.165, 1.54) is 35.6 Å². The van der Waals surface area contributed by atoms with Crippen LogP contribution in [0, 0.1) is 5.82 Å². The van der Waals surface area contributed by atoms with Gasteiger partial charge in [0.05, 0.1) is 23.3 Å². The molecular weight excluding hydrogens is 420 g/mol. The molecule has 0 saturated heterocycles. The van der Waals surface area contributed by atoms with Gasteiger partial charge in [-0.25, -0.2) is 14.4 Å². The van der Waals surface area contributed by atoms with E-state index in [0.717, 1.165) is 4.88 Å². The van der Waals surface area contributed by atoms with E-state index < -0.39 is 18.5 Å². The molecule has 4 rings (SSSR count). The average molecular weight is 434 g/mol. The van der Waals surface area contributed by atoms with Crippen molar-refractivity contribution in [2.75, 3.05) is 17.2 Å². The smallest absolute Gasteiger partial charge is 0.359 e. The predicted molar refractivity (Wildman–Crippen MR) is 107 cm³/mol. The maximum absolute atomic E-state index is 13.2. The second-order valence-corrected chi connectivity index (χ2v) is 7.23. The van der Waals surface area contributed by atoms with Gasteiger partial charge >= 0.3 is 6.18 Å². The van der Waals surface area contributed by atoms with Gasteiger partial charge in [-0.3, -0.25) is 4.98 Å². The van der Waals surface area contributed by atoms with Crippen LogP contribution < -0.4 is 10.6 Å². The lowest BCUT2D eigenvalue weighted by Crippen LogP contribution is -2.22. The second-order valence-electron chi connectivity index (χ2n) is 6.26. The minimum absolute atomic E-state index is 0.0481. The van der Waals surface area contributed by atoms with Crippen molar-refractivity contribution >= 4 is 34.1 Å². The second kappa shape index (κ2) is 8.19. The van der Waals surface area contributed by atoms with Gasteiger partial charge < -0.3 is 10.6 Å². The molecule has 0 bridgehead atoms. The number of pyridine rings is 1. The molecule has 0 atom stereocenters. The summed E-state index contributed by atoms with van der Waals surface area (Å²) in [4.78, 5) is 17.8. The summed E-state index contributed by atoms with van der Waals surface area (Å²) in [6.45, 7) is -0.883. The molecule has 30 heavy (non-hydrogen) atoms. The van der Waals surface area contributed by atoms with Crippen molar-refractivity contribution in [3.63, 3.8) is 0 Å². The summed E-state index contributed by atoms with van der Waals surface area (Å²) in [5.74, 6) is -0.280. The maximum Gasteiger partial charge on any atom is 0.405 e. The van der Waals surface area contributed by atoms with E-state index in [4.69, 9.17) is 0 Å². The lowest BCUT2D eigenvalue weighted by molar-refractivity contribution is -0.115. The highest BCUT2D eigenvalue weighted by Gasteiger charge is 2.27. The number of nitrogens with one attached hydrogen (secondary N) is 2. The summed E-state index contributed by atoms with van der Waals surface area (Å²) in [6, 6.07) is 8.96. The van der Waals surface area contributed by atoms with Gasteiger partial charge in [0, 0.05) is 16.6 Å². The Morgan fingerprint density at radius 3 is 2.43 bits per heavy atom. The number of hydrogen-bond donors (Lipinski definition) is 2. The standard InChI is InChI=1S/C19H14F4N6S/c20-12-3-1-11(2-4-12)14-5-6-15-16(27-14)17(26-9-19(21,22)23)29-18(28-15)25-8-13-7-24-10-30-13/h1-7,10H,8-9H2,(H2,25,26,28,29). The molecule has 0 amide bonds. The largest absolute Gasteiger partial charge is 0.405 e. The molecule has 0 aliphatic rings. The number of rotatable bonds is 6. The van der Waals surface area contributed by atoms with Crippen molar-refractivity contribution in [3.8, 4) is 11.3 Å². The number of thiazole rings is 1. The van der Waals surface area contributed by atoms with Crippen LogP contribution in [0.5, 0.6) is 0 Å². The summed E-state index contributed by atoms with van der Waals surface area (Å²) >= 11 is 1.43. The van der Waals surface area contributed by atoms with Crippen molar-refractivity contribution in [1.29, 1.82) is 0 Å². The molecule has 3 aromatic heterocycles. The van der Waals surface area contributed by atoms with Crippen molar-refractivity contribution in [2.45, 2.75) is 12.7 Å².